The molecule has 0 radical (unpaired) electrons. The summed E-state index contributed by atoms with van der Waals surface area (Å²) in [5.74, 6) is -0.921. The van der Waals surface area contributed by atoms with Gasteiger partial charge in [-0.25, -0.2) is 4.68 Å². The number of alkyl halides is 3. The Bertz CT molecular complexity index is 1450. The van der Waals surface area contributed by atoms with Crippen LogP contribution < -0.4 is 5.32 Å². The summed E-state index contributed by atoms with van der Waals surface area (Å²) in [6.07, 6.45) is -4.59. The lowest BCUT2D eigenvalue weighted by Gasteiger charge is -2.26. The maximum Gasteiger partial charge on any atom is 0.416 e. The quantitative estimate of drug-likeness (QED) is 0.283. The van der Waals surface area contributed by atoms with Gasteiger partial charge >= 0.3 is 6.18 Å². The van der Waals surface area contributed by atoms with E-state index in [0.717, 1.165) is 17.7 Å². The van der Waals surface area contributed by atoms with Gasteiger partial charge in [0.05, 0.1) is 22.0 Å². The molecule has 0 spiro atoms. The Balaban J connectivity index is 1.62. The van der Waals surface area contributed by atoms with Gasteiger partial charge in [-0.3, -0.25) is 9.59 Å². The maximum atomic E-state index is 13.2. The lowest BCUT2D eigenvalue weighted by Crippen LogP contribution is -2.42. The molecule has 4 aromatic rings. The molecule has 38 heavy (non-hydrogen) atoms. The number of amides is 2. The van der Waals surface area contributed by atoms with E-state index in [1.807, 2.05) is 30.3 Å². The highest BCUT2D eigenvalue weighted by atomic mass is 35.5. The highest BCUT2D eigenvalue weighted by Gasteiger charge is 2.32. The van der Waals surface area contributed by atoms with Gasteiger partial charge in [-0.2, -0.15) is 18.3 Å². The van der Waals surface area contributed by atoms with E-state index in [1.165, 1.54) is 21.7 Å². The lowest BCUT2D eigenvalue weighted by atomic mass is 10.1. The highest BCUT2D eigenvalue weighted by molar-refractivity contribution is 6.32. The summed E-state index contributed by atoms with van der Waals surface area (Å²) in [6, 6.07) is 21.7. The van der Waals surface area contributed by atoms with Gasteiger partial charge in [0.2, 0.25) is 5.91 Å². The molecule has 0 aliphatic carbocycles. The summed E-state index contributed by atoms with van der Waals surface area (Å²) in [7, 11) is 0. The summed E-state index contributed by atoms with van der Waals surface area (Å²) in [6.45, 7) is 2.97. The number of carbonyl (C=O) groups excluding carboxylic acids is 2. The predicted molar refractivity (Wildman–Crippen MR) is 140 cm³/mol. The first-order chi connectivity index (χ1) is 18.0. The normalized spacial score (nSPS) is 11.4. The molecule has 0 fully saturated rings. The Morgan fingerprint density at radius 2 is 1.66 bits per heavy atom. The summed E-state index contributed by atoms with van der Waals surface area (Å²) in [4.78, 5) is 27.5. The van der Waals surface area contributed by atoms with E-state index in [-0.39, 0.29) is 12.1 Å². The van der Waals surface area contributed by atoms with Crippen LogP contribution in [0.15, 0.2) is 84.9 Å². The molecule has 0 aliphatic rings. The zero-order valence-electron chi connectivity index (χ0n) is 20.5. The van der Waals surface area contributed by atoms with E-state index in [9.17, 15) is 22.8 Å². The van der Waals surface area contributed by atoms with E-state index in [4.69, 9.17) is 11.6 Å². The summed E-state index contributed by atoms with van der Waals surface area (Å²) >= 11 is 6.40. The Hall–Kier alpha value is -4.11. The SMILES string of the molecule is CC(C)N(CC(=O)Nc1cc(-c2ccccc2)nn1-c1ccccc1Cl)C(=O)c1cccc(C(F)(F)F)c1. The number of carbonyl (C=O) groups is 2. The fourth-order valence-electron chi connectivity index (χ4n) is 3.85. The van der Waals surface area contributed by atoms with Gasteiger partial charge in [0.25, 0.3) is 5.91 Å². The van der Waals surface area contributed by atoms with Crippen LogP contribution in [-0.4, -0.2) is 39.1 Å². The zero-order valence-corrected chi connectivity index (χ0v) is 21.3. The fourth-order valence-corrected chi connectivity index (χ4v) is 4.06. The van der Waals surface area contributed by atoms with Crippen molar-refractivity contribution >= 4 is 29.2 Å². The molecule has 0 bridgehead atoms. The van der Waals surface area contributed by atoms with Crippen molar-refractivity contribution < 1.29 is 22.8 Å². The Kier molecular flexibility index (Phi) is 7.87. The number of nitrogens with one attached hydrogen (secondary N) is 1. The Morgan fingerprint density at radius 1 is 0.974 bits per heavy atom. The van der Waals surface area contributed by atoms with Crippen LogP contribution in [0.1, 0.15) is 29.8 Å². The van der Waals surface area contributed by atoms with Crippen LogP contribution in [0.2, 0.25) is 5.02 Å². The number of rotatable bonds is 7. The standard InChI is InChI=1S/C28H24ClF3N4O2/c1-18(2)35(27(38)20-11-8-12-21(15-20)28(30,31)32)17-26(37)33-25-16-23(19-9-4-3-5-10-19)34-36(25)24-14-7-6-13-22(24)29/h3-16,18H,17H2,1-2H3,(H,33,37). The van der Waals surface area contributed by atoms with Gasteiger partial charge in [0, 0.05) is 23.2 Å². The minimum atomic E-state index is -4.59. The van der Waals surface area contributed by atoms with Crippen molar-refractivity contribution in [2.75, 3.05) is 11.9 Å². The van der Waals surface area contributed by atoms with E-state index in [0.29, 0.717) is 22.2 Å². The van der Waals surface area contributed by atoms with Gasteiger partial charge in [-0.1, -0.05) is 60.1 Å². The van der Waals surface area contributed by atoms with Crippen LogP contribution in [0.3, 0.4) is 0 Å². The van der Waals surface area contributed by atoms with Gasteiger partial charge in [-0.05, 0) is 44.2 Å². The van der Waals surface area contributed by atoms with Crippen LogP contribution in [0.4, 0.5) is 19.0 Å². The van der Waals surface area contributed by atoms with E-state index < -0.39 is 29.6 Å². The second kappa shape index (κ2) is 11.1. The lowest BCUT2D eigenvalue weighted by molar-refractivity contribution is -0.137. The number of aromatic nitrogens is 2. The molecular weight excluding hydrogens is 517 g/mol. The van der Waals surface area contributed by atoms with Crippen LogP contribution in [0.5, 0.6) is 0 Å². The van der Waals surface area contributed by atoms with Crippen molar-refractivity contribution in [3.8, 4) is 16.9 Å². The highest BCUT2D eigenvalue weighted by Crippen LogP contribution is 2.30. The molecule has 2 amide bonds. The molecule has 1 aromatic heterocycles. The number of hydrogen-bond acceptors (Lipinski definition) is 3. The second-order valence-electron chi connectivity index (χ2n) is 8.80. The average Bonchev–Trinajstić information content (AvgIpc) is 3.30. The molecule has 3 aromatic carbocycles. The molecule has 6 nitrogen and oxygen atoms in total. The van der Waals surface area contributed by atoms with Crippen molar-refractivity contribution in [1.29, 1.82) is 0 Å². The van der Waals surface area contributed by atoms with Crippen molar-refractivity contribution in [2.24, 2.45) is 0 Å². The number of anilines is 1. The topological polar surface area (TPSA) is 67.2 Å². The largest absolute Gasteiger partial charge is 0.416 e. The van der Waals surface area contributed by atoms with Crippen molar-refractivity contribution in [3.63, 3.8) is 0 Å². The zero-order chi connectivity index (χ0) is 27.4. The molecule has 1 N–H and O–H groups in total. The van der Waals surface area contributed by atoms with Crippen LogP contribution >= 0.6 is 11.6 Å². The number of nitrogens with zero attached hydrogens (tertiary/aromatic N) is 3. The third-order valence-electron chi connectivity index (χ3n) is 5.76. The third kappa shape index (κ3) is 6.06. The van der Waals surface area contributed by atoms with Crippen molar-refractivity contribution in [1.82, 2.24) is 14.7 Å². The second-order valence-corrected chi connectivity index (χ2v) is 9.20. The molecule has 0 aliphatic heterocycles. The van der Waals surface area contributed by atoms with Crippen molar-refractivity contribution in [2.45, 2.75) is 26.1 Å². The monoisotopic (exact) mass is 540 g/mol. The molecule has 1 heterocycles. The minimum Gasteiger partial charge on any atom is -0.327 e. The van der Waals surface area contributed by atoms with Gasteiger partial charge < -0.3 is 10.2 Å². The fraction of sp³-hybridized carbons (Fsp3) is 0.179. The summed E-state index contributed by atoms with van der Waals surface area (Å²) < 4.78 is 41.0. The molecule has 4 rings (SSSR count). The van der Waals surface area contributed by atoms with E-state index in [2.05, 4.69) is 10.4 Å². The number of halogens is 4. The first kappa shape index (κ1) is 26.9. The van der Waals surface area contributed by atoms with Gasteiger partial charge in [0.15, 0.2) is 0 Å². The average molecular weight is 541 g/mol. The van der Waals surface area contributed by atoms with E-state index in [1.54, 1.807) is 44.2 Å². The summed E-state index contributed by atoms with van der Waals surface area (Å²) in [5, 5.41) is 7.82. The Labute approximate surface area is 222 Å². The maximum absolute atomic E-state index is 13.2. The number of hydrogen-bond donors (Lipinski definition) is 1. The molecule has 0 atom stereocenters. The number of para-hydroxylation sites is 1. The molecule has 10 heteroatoms. The smallest absolute Gasteiger partial charge is 0.327 e. The first-order valence-corrected chi connectivity index (χ1v) is 12.1. The number of benzene rings is 3. The third-order valence-corrected chi connectivity index (χ3v) is 6.08. The summed E-state index contributed by atoms with van der Waals surface area (Å²) in [5.41, 5.74) is 0.841. The molecule has 0 unspecified atom stereocenters. The Morgan fingerprint density at radius 3 is 2.32 bits per heavy atom. The van der Waals surface area contributed by atoms with Crippen LogP contribution in [0.25, 0.3) is 16.9 Å². The van der Waals surface area contributed by atoms with Gasteiger partial charge in [0.1, 0.15) is 12.4 Å². The molecule has 0 saturated heterocycles. The van der Waals surface area contributed by atoms with Gasteiger partial charge in [-0.15, -0.1) is 0 Å². The molecule has 196 valence electrons. The first-order valence-electron chi connectivity index (χ1n) is 11.7. The minimum absolute atomic E-state index is 0.159. The molecule has 0 saturated carbocycles. The van der Waals surface area contributed by atoms with Crippen LogP contribution in [-0.2, 0) is 11.0 Å². The predicted octanol–water partition coefficient (Wildman–Crippen LogP) is 6.70. The van der Waals surface area contributed by atoms with E-state index >= 15 is 0 Å². The van der Waals surface area contributed by atoms with Crippen molar-refractivity contribution in [3.05, 3.63) is 101 Å². The molecular formula is C28H24ClF3N4O2. The van der Waals surface area contributed by atoms with Crippen LogP contribution in [0, 0.1) is 0 Å².